The molecule has 9 heteroatoms. The van der Waals surface area contributed by atoms with E-state index in [1.54, 1.807) is 10.8 Å². The minimum Gasteiger partial charge on any atom is -0.477 e. The molecule has 0 aliphatic heterocycles. The monoisotopic (exact) mass is 507 g/mol. The van der Waals surface area contributed by atoms with Gasteiger partial charge in [0, 0.05) is 30.4 Å². The molecule has 0 saturated heterocycles. The molecular formula is C27H30ClN5O3. The van der Waals surface area contributed by atoms with Gasteiger partial charge in [0.05, 0.1) is 12.2 Å². The summed E-state index contributed by atoms with van der Waals surface area (Å²) in [5, 5.41) is 0.636. The van der Waals surface area contributed by atoms with Crippen molar-refractivity contribution in [2.24, 2.45) is 5.92 Å². The van der Waals surface area contributed by atoms with E-state index in [1.807, 2.05) is 61.7 Å². The fourth-order valence-corrected chi connectivity index (χ4v) is 4.56. The van der Waals surface area contributed by atoms with Crippen LogP contribution in [0.5, 0.6) is 5.88 Å². The Kier molecular flexibility index (Phi) is 6.71. The van der Waals surface area contributed by atoms with E-state index in [0.717, 1.165) is 18.4 Å². The van der Waals surface area contributed by atoms with E-state index in [4.69, 9.17) is 21.3 Å². The van der Waals surface area contributed by atoms with Crippen molar-refractivity contribution in [1.82, 2.24) is 23.7 Å². The van der Waals surface area contributed by atoms with E-state index < -0.39 is 0 Å². The third-order valence-corrected chi connectivity index (χ3v) is 6.70. The summed E-state index contributed by atoms with van der Waals surface area (Å²) in [7, 11) is 0. The Morgan fingerprint density at radius 3 is 2.53 bits per heavy atom. The lowest BCUT2D eigenvalue weighted by atomic mass is 10.2. The largest absolute Gasteiger partial charge is 0.477 e. The summed E-state index contributed by atoms with van der Waals surface area (Å²) in [6.45, 7) is 7.11. The fourth-order valence-electron chi connectivity index (χ4n) is 4.43. The number of fused-ring (bicyclic) bond motifs is 1. The second kappa shape index (κ2) is 9.93. The average molecular weight is 508 g/mol. The zero-order valence-electron chi connectivity index (χ0n) is 20.8. The second-order valence-electron chi connectivity index (χ2n) is 9.63. The van der Waals surface area contributed by atoms with Gasteiger partial charge in [-0.1, -0.05) is 30.7 Å². The van der Waals surface area contributed by atoms with Gasteiger partial charge in [0.15, 0.2) is 11.2 Å². The van der Waals surface area contributed by atoms with Gasteiger partial charge in [-0.3, -0.25) is 13.9 Å². The van der Waals surface area contributed by atoms with Crippen LogP contribution >= 0.6 is 11.6 Å². The van der Waals surface area contributed by atoms with Crippen molar-refractivity contribution < 1.29 is 4.74 Å². The highest BCUT2D eigenvalue weighted by atomic mass is 35.5. The van der Waals surface area contributed by atoms with E-state index in [-0.39, 0.29) is 17.3 Å². The topological polar surface area (TPSA) is 83.9 Å². The Hall–Kier alpha value is -3.39. The Bertz CT molecular complexity index is 1510. The van der Waals surface area contributed by atoms with Crippen LogP contribution in [0.3, 0.4) is 0 Å². The van der Waals surface area contributed by atoms with Crippen molar-refractivity contribution in [3.05, 3.63) is 74.0 Å². The first kappa shape index (κ1) is 24.3. The van der Waals surface area contributed by atoms with Crippen molar-refractivity contribution in [2.45, 2.75) is 59.2 Å². The maximum absolute atomic E-state index is 13.8. The van der Waals surface area contributed by atoms with Gasteiger partial charge in [-0.05, 0) is 68.9 Å². The highest BCUT2D eigenvalue weighted by Crippen LogP contribution is 2.33. The van der Waals surface area contributed by atoms with Crippen LogP contribution in [0.25, 0.3) is 22.6 Å². The van der Waals surface area contributed by atoms with Gasteiger partial charge in [0.2, 0.25) is 5.88 Å². The van der Waals surface area contributed by atoms with Crippen LogP contribution in [0.1, 0.15) is 51.6 Å². The number of rotatable bonds is 9. The zero-order chi connectivity index (χ0) is 25.4. The van der Waals surface area contributed by atoms with E-state index in [0.29, 0.717) is 65.5 Å². The van der Waals surface area contributed by atoms with E-state index in [1.165, 1.54) is 4.57 Å². The number of pyridine rings is 1. The molecule has 4 aromatic rings. The molecule has 0 radical (unpaired) electrons. The van der Waals surface area contributed by atoms with Crippen molar-refractivity contribution in [3.8, 4) is 17.3 Å². The van der Waals surface area contributed by atoms with E-state index in [2.05, 4.69) is 4.98 Å². The van der Waals surface area contributed by atoms with E-state index in [9.17, 15) is 9.59 Å². The Labute approximate surface area is 214 Å². The highest BCUT2D eigenvalue weighted by Gasteiger charge is 2.27. The molecule has 1 aliphatic carbocycles. The number of benzene rings is 1. The normalized spacial score (nSPS) is 13.6. The molecule has 0 spiro atoms. The number of nitrogens with zero attached hydrogens (tertiary/aromatic N) is 5. The molecule has 0 N–H and O–H groups in total. The molecule has 0 unspecified atom stereocenters. The Morgan fingerprint density at radius 2 is 1.86 bits per heavy atom. The van der Waals surface area contributed by atoms with Crippen LogP contribution in [-0.4, -0.2) is 30.3 Å². The Balaban J connectivity index is 1.79. The summed E-state index contributed by atoms with van der Waals surface area (Å²) >= 11 is 6.12. The molecule has 1 fully saturated rings. The molecule has 36 heavy (non-hydrogen) atoms. The van der Waals surface area contributed by atoms with Gasteiger partial charge >= 0.3 is 5.69 Å². The molecule has 188 valence electrons. The van der Waals surface area contributed by atoms with Gasteiger partial charge in [-0.25, -0.2) is 14.8 Å². The molecular weight excluding hydrogens is 478 g/mol. The zero-order valence-corrected chi connectivity index (χ0v) is 21.5. The summed E-state index contributed by atoms with van der Waals surface area (Å²) in [5.74, 6) is 1.57. The lowest BCUT2D eigenvalue weighted by Crippen LogP contribution is -2.41. The van der Waals surface area contributed by atoms with Gasteiger partial charge in [0.25, 0.3) is 5.56 Å². The molecule has 0 bridgehead atoms. The maximum atomic E-state index is 13.8. The third-order valence-electron chi connectivity index (χ3n) is 6.44. The molecule has 1 aromatic carbocycles. The van der Waals surface area contributed by atoms with Crippen LogP contribution in [0.2, 0.25) is 5.02 Å². The quantitative estimate of drug-likeness (QED) is 0.321. The van der Waals surface area contributed by atoms with Crippen LogP contribution in [0.15, 0.2) is 52.2 Å². The lowest BCUT2D eigenvalue weighted by Gasteiger charge is -2.15. The third kappa shape index (κ3) is 4.57. The summed E-state index contributed by atoms with van der Waals surface area (Å²) in [6, 6.07) is 11.0. The molecule has 1 aliphatic rings. The number of hydrogen-bond donors (Lipinski definition) is 0. The van der Waals surface area contributed by atoms with E-state index >= 15 is 0 Å². The van der Waals surface area contributed by atoms with Crippen LogP contribution in [-0.2, 0) is 13.1 Å². The Morgan fingerprint density at radius 1 is 1.11 bits per heavy atom. The first-order chi connectivity index (χ1) is 17.4. The summed E-state index contributed by atoms with van der Waals surface area (Å²) in [5.41, 5.74) is 1.71. The number of ether oxygens (including phenoxy) is 1. The molecule has 3 aromatic heterocycles. The predicted molar refractivity (Wildman–Crippen MR) is 141 cm³/mol. The molecule has 1 saturated carbocycles. The predicted octanol–water partition coefficient (Wildman–Crippen LogP) is 4.90. The molecule has 0 amide bonds. The highest BCUT2D eigenvalue weighted by molar-refractivity contribution is 6.30. The SMILES string of the molecule is CCCn1c(=O)c2c(nc(-c3cccnc3OCC3CC3)n2Cc2ccc(Cl)cc2)n(C(C)C)c1=O. The smallest absolute Gasteiger partial charge is 0.332 e. The molecule has 8 nitrogen and oxygen atoms in total. The average Bonchev–Trinajstić information content (AvgIpc) is 3.62. The molecule has 3 heterocycles. The fraction of sp³-hybridized carbons (Fsp3) is 0.407. The van der Waals surface area contributed by atoms with Gasteiger partial charge < -0.3 is 9.30 Å². The standard InChI is InChI=1S/C27H30ClN5O3/c1-4-14-31-26(34)22-24(33(17(2)3)27(31)35)30-23(32(22)15-18-9-11-20(28)12-10-18)21-6-5-13-29-25(21)36-16-19-7-8-19/h5-6,9-13,17,19H,4,7-8,14-16H2,1-3H3. The number of hydrogen-bond acceptors (Lipinski definition) is 5. The van der Waals surface area contributed by atoms with Crippen LogP contribution < -0.4 is 16.0 Å². The first-order valence-corrected chi connectivity index (χ1v) is 12.8. The van der Waals surface area contributed by atoms with Crippen molar-refractivity contribution in [2.75, 3.05) is 6.61 Å². The molecule has 5 rings (SSSR count). The van der Waals surface area contributed by atoms with Gasteiger partial charge in [0.1, 0.15) is 5.82 Å². The maximum Gasteiger partial charge on any atom is 0.332 e. The van der Waals surface area contributed by atoms with Gasteiger partial charge in [-0.2, -0.15) is 0 Å². The van der Waals surface area contributed by atoms with Crippen molar-refractivity contribution >= 4 is 22.8 Å². The number of imidazole rings is 1. The summed E-state index contributed by atoms with van der Waals surface area (Å²) < 4.78 is 10.9. The first-order valence-electron chi connectivity index (χ1n) is 12.5. The molecule has 0 atom stereocenters. The number of halogens is 1. The van der Waals surface area contributed by atoms with Crippen LogP contribution in [0, 0.1) is 5.92 Å². The minimum atomic E-state index is -0.344. The van der Waals surface area contributed by atoms with Crippen molar-refractivity contribution in [3.63, 3.8) is 0 Å². The van der Waals surface area contributed by atoms with Gasteiger partial charge in [-0.15, -0.1) is 0 Å². The van der Waals surface area contributed by atoms with Crippen LogP contribution in [0.4, 0.5) is 0 Å². The lowest BCUT2D eigenvalue weighted by molar-refractivity contribution is 0.289. The number of aromatic nitrogens is 5. The minimum absolute atomic E-state index is 0.185. The summed E-state index contributed by atoms with van der Waals surface area (Å²) in [6.07, 6.45) is 4.68. The van der Waals surface area contributed by atoms with Crippen molar-refractivity contribution in [1.29, 1.82) is 0 Å². The second-order valence-corrected chi connectivity index (χ2v) is 10.1. The summed E-state index contributed by atoms with van der Waals surface area (Å²) in [4.78, 5) is 36.5.